The van der Waals surface area contributed by atoms with Crippen LogP contribution in [0, 0.1) is 11.3 Å². The fourth-order valence-corrected chi connectivity index (χ4v) is 3.22. The molecule has 1 fully saturated rings. The number of rotatable bonds is 9. The molecule has 0 N–H and O–H groups in total. The maximum absolute atomic E-state index is 10.0. The summed E-state index contributed by atoms with van der Waals surface area (Å²) in [5.74, 6) is -3.20. The van der Waals surface area contributed by atoms with Gasteiger partial charge in [-0.05, 0) is 39.8 Å². The number of nitriles is 1. The predicted octanol–water partition coefficient (Wildman–Crippen LogP) is 3.59. The minimum Gasteiger partial charge on any atom is -0.340 e. The van der Waals surface area contributed by atoms with Crippen LogP contribution in [0.5, 0.6) is 0 Å². The first-order valence-corrected chi connectivity index (χ1v) is 8.82. The van der Waals surface area contributed by atoms with E-state index in [4.69, 9.17) is 35.3 Å². The molecule has 1 aliphatic rings. The number of hydrogen-bond donors (Lipinski definition) is 0. The Morgan fingerprint density at radius 3 is 1.80 bits per heavy atom. The first-order valence-electron chi connectivity index (χ1n) is 8.44. The van der Waals surface area contributed by atoms with Crippen molar-refractivity contribution in [3.05, 3.63) is 34.9 Å². The second-order valence-corrected chi connectivity index (χ2v) is 5.74. The molecule has 0 saturated carbocycles. The SMILES string of the molecule is CCOC1(OCC)O[C@@](C#N)(c2ccc(Cl)cc2)C1(OCC)OCC. The lowest BCUT2D eigenvalue weighted by atomic mass is 9.78. The zero-order chi connectivity index (χ0) is 18.6. The van der Waals surface area contributed by atoms with Crippen LogP contribution in [-0.2, 0) is 29.3 Å². The monoisotopic (exact) mass is 369 g/mol. The first kappa shape index (κ1) is 20.1. The third-order valence-electron chi connectivity index (χ3n) is 3.93. The molecule has 1 aliphatic heterocycles. The molecule has 7 heteroatoms. The van der Waals surface area contributed by atoms with E-state index < -0.39 is 17.4 Å². The van der Waals surface area contributed by atoms with Crippen LogP contribution >= 0.6 is 11.6 Å². The molecule has 0 bridgehead atoms. The standard InChI is InChI=1S/C18H24ClNO5/c1-5-21-17(22-6-2)16(13-20,14-9-11-15(19)12-10-14)25-18(17,23-7-3)24-8-4/h9-12H,5-8H2,1-4H3/t16-/m0/s1. The minimum atomic E-state index is -1.63. The molecule has 0 aromatic heterocycles. The molecule has 0 radical (unpaired) electrons. The van der Waals surface area contributed by atoms with Gasteiger partial charge in [0, 0.05) is 37.0 Å². The molecule has 0 amide bonds. The van der Waals surface area contributed by atoms with Crippen molar-refractivity contribution in [2.45, 2.75) is 45.1 Å². The van der Waals surface area contributed by atoms with E-state index in [2.05, 4.69) is 6.07 Å². The van der Waals surface area contributed by atoms with Crippen LogP contribution in [0.1, 0.15) is 33.3 Å². The van der Waals surface area contributed by atoms with E-state index in [0.717, 1.165) is 0 Å². The summed E-state index contributed by atoms with van der Waals surface area (Å²) in [7, 11) is 0. The summed E-state index contributed by atoms with van der Waals surface area (Å²) < 4.78 is 29.4. The largest absolute Gasteiger partial charge is 0.347 e. The van der Waals surface area contributed by atoms with Gasteiger partial charge in [-0.15, -0.1) is 0 Å². The lowest BCUT2D eigenvalue weighted by molar-refractivity contribution is -0.617. The lowest BCUT2D eigenvalue weighted by Crippen LogP contribution is -2.83. The Kier molecular flexibility index (Phi) is 6.44. The number of ether oxygens (including phenoxy) is 5. The highest BCUT2D eigenvalue weighted by Gasteiger charge is 2.83. The number of nitrogens with zero attached hydrogens (tertiary/aromatic N) is 1. The molecule has 1 saturated heterocycles. The van der Waals surface area contributed by atoms with Gasteiger partial charge in [0.05, 0.1) is 0 Å². The molecule has 25 heavy (non-hydrogen) atoms. The van der Waals surface area contributed by atoms with E-state index in [1.165, 1.54) is 0 Å². The van der Waals surface area contributed by atoms with E-state index >= 15 is 0 Å². The van der Waals surface area contributed by atoms with Crippen LogP contribution in [0.2, 0.25) is 5.02 Å². The molecular formula is C18H24ClNO5. The zero-order valence-electron chi connectivity index (χ0n) is 15.0. The van der Waals surface area contributed by atoms with Crippen molar-refractivity contribution in [3.8, 4) is 6.07 Å². The first-order chi connectivity index (χ1) is 12.0. The lowest BCUT2D eigenvalue weighted by Gasteiger charge is -2.62. The maximum atomic E-state index is 10.0. The highest BCUT2D eigenvalue weighted by molar-refractivity contribution is 6.30. The maximum Gasteiger partial charge on any atom is 0.347 e. The van der Waals surface area contributed by atoms with Gasteiger partial charge in [-0.25, -0.2) is 0 Å². The average Bonchev–Trinajstić information content (AvgIpc) is 2.60. The fourth-order valence-electron chi connectivity index (χ4n) is 3.10. The Morgan fingerprint density at radius 1 is 0.920 bits per heavy atom. The minimum absolute atomic E-state index is 0.280. The molecule has 1 atom stereocenters. The Hall–Kier alpha value is -1.20. The van der Waals surface area contributed by atoms with Crippen molar-refractivity contribution in [1.82, 2.24) is 0 Å². The highest BCUT2D eigenvalue weighted by atomic mass is 35.5. The fraction of sp³-hybridized carbons (Fsp3) is 0.611. The summed E-state index contributed by atoms with van der Waals surface area (Å²) >= 11 is 5.98. The van der Waals surface area contributed by atoms with Gasteiger partial charge in [-0.2, -0.15) is 5.26 Å². The van der Waals surface area contributed by atoms with Gasteiger partial charge in [0.25, 0.3) is 0 Å². The van der Waals surface area contributed by atoms with Crippen molar-refractivity contribution in [2.24, 2.45) is 0 Å². The van der Waals surface area contributed by atoms with Crippen molar-refractivity contribution >= 4 is 11.6 Å². The molecule has 0 spiro atoms. The van der Waals surface area contributed by atoms with E-state index in [-0.39, 0.29) is 13.2 Å². The topological polar surface area (TPSA) is 69.9 Å². The van der Waals surface area contributed by atoms with Crippen LogP contribution in [0.4, 0.5) is 0 Å². The Labute approximate surface area is 153 Å². The molecule has 0 aliphatic carbocycles. The van der Waals surface area contributed by atoms with Gasteiger partial charge in [-0.1, -0.05) is 23.7 Å². The molecule has 1 aromatic rings. The third-order valence-corrected chi connectivity index (χ3v) is 4.18. The van der Waals surface area contributed by atoms with Crippen LogP contribution in [0.3, 0.4) is 0 Å². The van der Waals surface area contributed by atoms with Crippen molar-refractivity contribution in [2.75, 3.05) is 26.4 Å². The number of halogens is 1. The van der Waals surface area contributed by atoms with E-state index in [9.17, 15) is 5.26 Å². The van der Waals surface area contributed by atoms with Gasteiger partial charge >= 0.3 is 11.8 Å². The number of benzene rings is 1. The summed E-state index contributed by atoms with van der Waals surface area (Å²) in [4.78, 5) is 0. The van der Waals surface area contributed by atoms with Gasteiger partial charge < -0.3 is 18.9 Å². The average molecular weight is 370 g/mol. The summed E-state index contributed by atoms with van der Waals surface area (Å²) in [6.45, 7) is 8.39. The summed E-state index contributed by atoms with van der Waals surface area (Å²) in [6, 6.07) is 8.99. The molecule has 6 nitrogen and oxygen atoms in total. The van der Waals surface area contributed by atoms with E-state index in [1.807, 2.05) is 13.8 Å². The van der Waals surface area contributed by atoms with E-state index in [0.29, 0.717) is 23.8 Å². The van der Waals surface area contributed by atoms with Gasteiger partial charge in [-0.3, -0.25) is 4.74 Å². The smallest absolute Gasteiger partial charge is 0.340 e. The second kappa shape index (κ2) is 8.00. The summed E-state index contributed by atoms with van der Waals surface area (Å²) in [5, 5.41) is 10.6. The van der Waals surface area contributed by atoms with Crippen LogP contribution < -0.4 is 0 Å². The Morgan fingerprint density at radius 2 is 1.40 bits per heavy atom. The van der Waals surface area contributed by atoms with Gasteiger partial charge in [0.1, 0.15) is 6.07 Å². The molecule has 1 heterocycles. The van der Waals surface area contributed by atoms with Crippen molar-refractivity contribution < 1.29 is 23.7 Å². The Bertz CT molecular complexity index is 603. The van der Waals surface area contributed by atoms with Crippen molar-refractivity contribution in [1.29, 1.82) is 5.26 Å². The molecule has 0 unspecified atom stereocenters. The summed E-state index contributed by atoms with van der Waals surface area (Å²) in [5.41, 5.74) is -0.996. The Balaban J connectivity index is 2.63. The van der Waals surface area contributed by atoms with Gasteiger partial charge in [0.15, 0.2) is 0 Å². The molecule has 2 rings (SSSR count). The van der Waals surface area contributed by atoms with E-state index in [1.54, 1.807) is 38.1 Å². The quantitative estimate of drug-likeness (QED) is 0.619. The second-order valence-electron chi connectivity index (χ2n) is 5.31. The predicted molar refractivity (Wildman–Crippen MR) is 91.8 cm³/mol. The van der Waals surface area contributed by atoms with Crippen LogP contribution in [0.25, 0.3) is 0 Å². The molecular weight excluding hydrogens is 346 g/mol. The third kappa shape index (κ3) is 2.95. The van der Waals surface area contributed by atoms with Crippen LogP contribution in [-0.4, -0.2) is 38.2 Å². The normalized spacial score (nSPS) is 23.7. The zero-order valence-corrected chi connectivity index (χ0v) is 15.8. The molecule has 138 valence electrons. The van der Waals surface area contributed by atoms with Crippen LogP contribution in [0.15, 0.2) is 24.3 Å². The molecule has 1 aromatic carbocycles. The highest BCUT2D eigenvalue weighted by Crippen LogP contribution is 2.60. The van der Waals surface area contributed by atoms with Gasteiger partial charge in [0.2, 0.25) is 5.60 Å². The number of hydrogen-bond acceptors (Lipinski definition) is 6. The van der Waals surface area contributed by atoms with Crippen molar-refractivity contribution in [3.63, 3.8) is 0 Å². The summed E-state index contributed by atoms with van der Waals surface area (Å²) in [6.07, 6.45) is 0.